The highest BCUT2D eigenvalue weighted by Crippen LogP contribution is 2.28. The fraction of sp³-hybridized carbons (Fsp3) is 0.238. The van der Waals surface area contributed by atoms with Crippen LogP contribution in [0, 0.1) is 12.7 Å². The summed E-state index contributed by atoms with van der Waals surface area (Å²) < 4.78 is 41.7. The van der Waals surface area contributed by atoms with Crippen LogP contribution in [-0.4, -0.2) is 54.7 Å². The number of fused-ring (bicyclic) bond motifs is 1. The van der Waals surface area contributed by atoms with Crippen molar-refractivity contribution in [3.63, 3.8) is 0 Å². The first-order valence-corrected chi connectivity index (χ1v) is 11.7. The van der Waals surface area contributed by atoms with Crippen LogP contribution in [-0.2, 0) is 10.0 Å². The second kappa shape index (κ2) is 8.35. The topological polar surface area (TPSA) is 70.6 Å². The number of para-hydroxylation sites is 1. The first-order valence-electron chi connectivity index (χ1n) is 9.48. The van der Waals surface area contributed by atoms with Crippen LogP contribution in [0.4, 0.5) is 4.39 Å². The molecule has 0 N–H and O–H groups in total. The number of aromatic nitrogens is 1. The molecule has 1 saturated heterocycles. The molecule has 0 bridgehead atoms. The summed E-state index contributed by atoms with van der Waals surface area (Å²) in [6.45, 7) is 2.39. The third-order valence-corrected chi connectivity index (χ3v) is 7.73. The van der Waals surface area contributed by atoms with Crippen molar-refractivity contribution in [1.29, 1.82) is 0 Å². The highest BCUT2D eigenvalue weighted by atomic mass is 35.5. The Labute approximate surface area is 189 Å². The summed E-state index contributed by atoms with van der Waals surface area (Å²) in [5.41, 5.74) is 1.34. The number of aryl methyl sites for hydroxylation is 1. The van der Waals surface area contributed by atoms with Gasteiger partial charge < -0.3 is 4.90 Å². The van der Waals surface area contributed by atoms with Crippen LogP contribution in [0.2, 0.25) is 10.0 Å². The van der Waals surface area contributed by atoms with E-state index in [0.29, 0.717) is 5.52 Å². The van der Waals surface area contributed by atoms with Crippen LogP contribution in [0.1, 0.15) is 15.9 Å². The predicted molar refractivity (Wildman–Crippen MR) is 118 cm³/mol. The average molecular weight is 482 g/mol. The fourth-order valence-corrected chi connectivity index (χ4v) is 5.63. The zero-order valence-corrected chi connectivity index (χ0v) is 18.8. The average Bonchev–Trinajstić information content (AvgIpc) is 2.75. The summed E-state index contributed by atoms with van der Waals surface area (Å²) in [5, 5.41) is 0.620. The van der Waals surface area contributed by atoms with Gasteiger partial charge in [-0.05, 0) is 36.8 Å². The molecule has 2 aromatic carbocycles. The van der Waals surface area contributed by atoms with Gasteiger partial charge in [0.2, 0.25) is 10.0 Å². The lowest BCUT2D eigenvalue weighted by Gasteiger charge is -2.34. The molecule has 1 aliphatic heterocycles. The van der Waals surface area contributed by atoms with Gasteiger partial charge in [-0.25, -0.2) is 12.8 Å². The number of benzene rings is 2. The molecule has 0 spiro atoms. The highest BCUT2D eigenvalue weighted by molar-refractivity contribution is 7.89. The van der Waals surface area contributed by atoms with E-state index in [1.54, 1.807) is 12.3 Å². The number of nitrogens with zero attached hydrogens (tertiary/aromatic N) is 3. The summed E-state index contributed by atoms with van der Waals surface area (Å²) in [7, 11) is -3.81. The molecular weight excluding hydrogens is 464 g/mol. The maximum atomic E-state index is 13.8. The lowest BCUT2D eigenvalue weighted by Crippen LogP contribution is -2.50. The quantitative estimate of drug-likeness (QED) is 0.527. The number of carbonyl (C=O) groups excluding carboxylic acids is 1. The van der Waals surface area contributed by atoms with Crippen molar-refractivity contribution in [2.24, 2.45) is 0 Å². The predicted octanol–water partition coefficient (Wildman–Crippen LogP) is 4.14. The standard InChI is InChI=1S/C21H18Cl2FN3O3S/c1-13-9-14-3-2-4-19(20(14)25-12-13)31(29,30)27-7-5-26(6-8-27)21(28)15-10-18(24)17(23)11-16(15)22/h2-4,9-12H,5-8H2,1H3. The molecule has 6 nitrogen and oxygen atoms in total. The monoisotopic (exact) mass is 481 g/mol. The molecule has 1 aliphatic rings. The van der Waals surface area contributed by atoms with Crippen LogP contribution in [0.25, 0.3) is 10.9 Å². The summed E-state index contributed by atoms with van der Waals surface area (Å²) in [4.78, 5) is 18.7. The van der Waals surface area contributed by atoms with Gasteiger partial charge in [0.15, 0.2) is 0 Å². The van der Waals surface area contributed by atoms with Crippen molar-refractivity contribution in [1.82, 2.24) is 14.2 Å². The summed E-state index contributed by atoms with van der Waals surface area (Å²) >= 11 is 11.7. The number of rotatable bonds is 3. The zero-order chi connectivity index (χ0) is 22.3. The molecule has 0 atom stereocenters. The summed E-state index contributed by atoms with van der Waals surface area (Å²) in [5.74, 6) is -1.21. The van der Waals surface area contributed by atoms with Crippen LogP contribution in [0.3, 0.4) is 0 Å². The second-order valence-electron chi connectivity index (χ2n) is 7.28. The van der Waals surface area contributed by atoms with Gasteiger partial charge in [-0.2, -0.15) is 4.31 Å². The Morgan fingerprint density at radius 2 is 1.77 bits per heavy atom. The van der Waals surface area contributed by atoms with Gasteiger partial charge in [-0.15, -0.1) is 0 Å². The van der Waals surface area contributed by atoms with Gasteiger partial charge in [0, 0.05) is 37.8 Å². The number of carbonyl (C=O) groups is 1. The molecule has 0 radical (unpaired) electrons. The van der Waals surface area contributed by atoms with Crippen molar-refractivity contribution in [2.45, 2.75) is 11.8 Å². The molecule has 3 aromatic rings. The van der Waals surface area contributed by atoms with E-state index in [1.165, 1.54) is 21.3 Å². The molecule has 31 heavy (non-hydrogen) atoms. The van der Waals surface area contributed by atoms with Gasteiger partial charge in [-0.1, -0.05) is 35.3 Å². The van der Waals surface area contributed by atoms with E-state index < -0.39 is 21.7 Å². The lowest BCUT2D eigenvalue weighted by molar-refractivity contribution is 0.0697. The molecule has 1 fully saturated rings. The lowest BCUT2D eigenvalue weighted by atomic mass is 10.1. The first kappa shape index (κ1) is 22.0. The minimum absolute atomic E-state index is 0.00602. The largest absolute Gasteiger partial charge is 0.336 e. The molecule has 4 rings (SSSR count). The SMILES string of the molecule is Cc1cnc2c(S(=O)(=O)N3CCN(C(=O)c4cc(F)c(Cl)cc4Cl)CC3)cccc2c1. The number of halogens is 3. The van der Waals surface area contributed by atoms with Crippen molar-refractivity contribution < 1.29 is 17.6 Å². The van der Waals surface area contributed by atoms with Gasteiger partial charge >= 0.3 is 0 Å². The van der Waals surface area contributed by atoms with Crippen LogP contribution in [0.15, 0.2) is 47.5 Å². The minimum Gasteiger partial charge on any atom is -0.336 e. The van der Waals surface area contributed by atoms with Crippen molar-refractivity contribution in [2.75, 3.05) is 26.2 Å². The Balaban J connectivity index is 1.55. The van der Waals surface area contributed by atoms with E-state index in [9.17, 15) is 17.6 Å². The van der Waals surface area contributed by atoms with Gasteiger partial charge in [-0.3, -0.25) is 9.78 Å². The summed E-state index contributed by atoms with van der Waals surface area (Å²) in [6.07, 6.45) is 1.63. The molecule has 0 aliphatic carbocycles. The van der Waals surface area contributed by atoms with E-state index in [0.717, 1.165) is 17.0 Å². The smallest absolute Gasteiger partial charge is 0.255 e. The van der Waals surface area contributed by atoms with Gasteiger partial charge in [0.05, 0.1) is 21.1 Å². The minimum atomic E-state index is -3.81. The second-order valence-corrected chi connectivity index (χ2v) is 10.0. The third kappa shape index (κ3) is 4.13. The van der Waals surface area contributed by atoms with Crippen LogP contribution >= 0.6 is 23.2 Å². The summed E-state index contributed by atoms with van der Waals surface area (Å²) in [6, 6.07) is 9.11. The van der Waals surface area contributed by atoms with E-state index >= 15 is 0 Å². The first-order chi connectivity index (χ1) is 14.7. The van der Waals surface area contributed by atoms with E-state index in [1.807, 2.05) is 19.1 Å². The molecule has 0 saturated carbocycles. The number of hydrogen-bond donors (Lipinski definition) is 0. The molecule has 1 amide bonds. The number of piperazine rings is 1. The normalized spacial score (nSPS) is 15.4. The molecule has 0 unspecified atom stereocenters. The Bertz CT molecular complexity index is 1290. The fourth-order valence-electron chi connectivity index (χ4n) is 3.58. The zero-order valence-electron chi connectivity index (χ0n) is 16.5. The maximum Gasteiger partial charge on any atom is 0.255 e. The highest BCUT2D eigenvalue weighted by Gasteiger charge is 2.32. The van der Waals surface area contributed by atoms with E-state index in [2.05, 4.69) is 4.98 Å². The number of hydrogen-bond acceptors (Lipinski definition) is 4. The van der Waals surface area contributed by atoms with Crippen LogP contribution < -0.4 is 0 Å². The van der Waals surface area contributed by atoms with Gasteiger partial charge in [0.25, 0.3) is 5.91 Å². The van der Waals surface area contributed by atoms with Crippen molar-refractivity contribution in [3.8, 4) is 0 Å². The van der Waals surface area contributed by atoms with E-state index in [4.69, 9.17) is 23.2 Å². The molecule has 10 heteroatoms. The van der Waals surface area contributed by atoms with Crippen LogP contribution in [0.5, 0.6) is 0 Å². The Morgan fingerprint density at radius 1 is 1.06 bits per heavy atom. The molecule has 2 heterocycles. The van der Waals surface area contributed by atoms with Crippen molar-refractivity contribution >= 4 is 50.0 Å². The van der Waals surface area contributed by atoms with Crippen molar-refractivity contribution in [3.05, 3.63) is 69.6 Å². The number of amides is 1. The molecule has 162 valence electrons. The number of sulfonamides is 1. The number of pyridine rings is 1. The van der Waals surface area contributed by atoms with Gasteiger partial charge in [0.1, 0.15) is 10.7 Å². The molecular formula is C21H18Cl2FN3O3S. The Morgan fingerprint density at radius 3 is 2.48 bits per heavy atom. The van der Waals surface area contributed by atoms with E-state index in [-0.39, 0.29) is 46.7 Å². The molecule has 1 aromatic heterocycles. The Hall–Kier alpha value is -2.26. The maximum absolute atomic E-state index is 13.8. The third-order valence-electron chi connectivity index (χ3n) is 5.19. The Kier molecular flexibility index (Phi) is 5.91.